The van der Waals surface area contributed by atoms with Crippen molar-refractivity contribution < 1.29 is 0 Å². The molecule has 4 nitrogen and oxygen atoms in total. The maximum absolute atomic E-state index is 5.89. The molecule has 0 unspecified atom stereocenters. The van der Waals surface area contributed by atoms with Crippen molar-refractivity contribution >= 4 is 50.6 Å². The monoisotopic (exact) mass is 348 g/mol. The van der Waals surface area contributed by atoms with E-state index in [1.807, 2.05) is 6.07 Å². The molecule has 2 rings (SSSR count). The lowest BCUT2D eigenvalue weighted by molar-refractivity contribution is 0.291. The van der Waals surface area contributed by atoms with E-state index in [-0.39, 0.29) is 0 Å². The number of thiocarbonyl (C=S) groups is 1. The van der Waals surface area contributed by atoms with Gasteiger partial charge in [-0.3, -0.25) is 4.90 Å². The van der Waals surface area contributed by atoms with Crippen LogP contribution in [0.3, 0.4) is 0 Å². The summed E-state index contributed by atoms with van der Waals surface area (Å²) in [6.07, 6.45) is 1.67. The van der Waals surface area contributed by atoms with E-state index in [4.69, 9.17) is 29.6 Å². The third-order valence-corrected chi connectivity index (χ3v) is 3.76. The maximum atomic E-state index is 5.89. The Morgan fingerprint density at radius 1 is 1.44 bits per heavy atom. The van der Waals surface area contributed by atoms with Crippen LogP contribution in [0.15, 0.2) is 16.7 Å². The molecule has 18 heavy (non-hydrogen) atoms. The van der Waals surface area contributed by atoms with Crippen molar-refractivity contribution in [2.45, 2.75) is 0 Å². The van der Waals surface area contributed by atoms with Gasteiger partial charge in [0.25, 0.3) is 0 Å². The van der Waals surface area contributed by atoms with Crippen LogP contribution < -0.4 is 10.6 Å². The average Bonchev–Trinajstić information content (AvgIpc) is 2.30. The molecule has 0 radical (unpaired) electrons. The summed E-state index contributed by atoms with van der Waals surface area (Å²) >= 11 is 14.3. The van der Waals surface area contributed by atoms with Crippen LogP contribution in [0.25, 0.3) is 0 Å². The van der Waals surface area contributed by atoms with Gasteiger partial charge in [-0.15, -0.1) is 0 Å². The molecule has 0 aliphatic carbocycles. The number of hydrogen-bond donors (Lipinski definition) is 1. The number of halogens is 2. The van der Waals surface area contributed by atoms with Gasteiger partial charge in [0.2, 0.25) is 0 Å². The highest BCUT2D eigenvalue weighted by atomic mass is 79.9. The van der Waals surface area contributed by atoms with Crippen LogP contribution in [0, 0.1) is 0 Å². The average molecular weight is 350 g/mol. The largest absolute Gasteiger partial charge is 0.392 e. The normalized spacial score (nSPS) is 16.9. The topological polar surface area (TPSA) is 45.4 Å². The summed E-state index contributed by atoms with van der Waals surface area (Å²) < 4.78 is 0.929. The Kier molecular flexibility index (Phi) is 4.77. The maximum Gasteiger partial charge on any atom is 0.143 e. The molecule has 0 spiro atoms. The standard InChI is InChI=1S/C11H14BrClN4S/c12-9-5-8(13)6-15-11(9)17-3-1-16(2-4-17)7-10(14)18/h5-6H,1-4,7H2,(H2,14,18). The zero-order valence-corrected chi connectivity index (χ0v) is 12.9. The Bertz CT molecular complexity index is 449. The second kappa shape index (κ2) is 6.14. The SMILES string of the molecule is NC(=S)CN1CCN(c2ncc(Cl)cc2Br)CC1. The summed E-state index contributed by atoms with van der Waals surface area (Å²) in [6.45, 7) is 4.40. The van der Waals surface area contributed by atoms with Crippen molar-refractivity contribution in [3.63, 3.8) is 0 Å². The number of piperazine rings is 1. The quantitative estimate of drug-likeness (QED) is 0.845. The molecule has 0 aromatic carbocycles. The van der Waals surface area contributed by atoms with Crippen LogP contribution in [0.5, 0.6) is 0 Å². The summed E-state index contributed by atoms with van der Waals surface area (Å²) in [6, 6.07) is 1.87. The summed E-state index contributed by atoms with van der Waals surface area (Å²) in [5, 5.41) is 0.637. The van der Waals surface area contributed by atoms with Gasteiger partial charge in [0.15, 0.2) is 0 Å². The Hall–Kier alpha value is -0.430. The van der Waals surface area contributed by atoms with Crippen LogP contribution >= 0.6 is 39.7 Å². The molecule has 1 aromatic heterocycles. The molecule has 1 aliphatic rings. The summed E-state index contributed by atoms with van der Waals surface area (Å²) in [5.41, 5.74) is 5.55. The van der Waals surface area contributed by atoms with E-state index in [2.05, 4.69) is 30.7 Å². The van der Waals surface area contributed by atoms with Crippen molar-refractivity contribution in [3.05, 3.63) is 21.8 Å². The van der Waals surface area contributed by atoms with E-state index < -0.39 is 0 Å². The fourth-order valence-corrected chi connectivity index (χ4v) is 3.05. The molecule has 2 N–H and O–H groups in total. The third kappa shape index (κ3) is 3.54. The van der Waals surface area contributed by atoms with E-state index in [0.29, 0.717) is 16.6 Å². The number of aromatic nitrogens is 1. The molecular formula is C11H14BrClN4S. The predicted molar refractivity (Wildman–Crippen MR) is 82.4 cm³/mol. The number of hydrogen-bond acceptors (Lipinski definition) is 4. The molecule has 0 amide bonds. The molecule has 2 heterocycles. The second-order valence-electron chi connectivity index (χ2n) is 4.19. The van der Waals surface area contributed by atoms with Crippen LogP contribution in [-0.2, 0) is 0 Å². The predicted octanol–water partition coefficient (Wildman–Crippen LogP) is 1.91. The second-order valence-corrected chi connectivity index (χ2v) is 6.00. The van der Waals surface area contributed by atoms with Crippen molar-refractivity contribution in [1.82, 2.24) is 9.88 Å². The zero-order valence-electron chi connectivity index (χ0n) is 9.77. The Morgan fingerprint density at radius 3 is 2.67 bits per heavy atom. The first-order chi connectivity index (χ1) is 8.56. The van der Waals surface area contributed by atoms with Crippen molar-refractivity contribution in [2.24, 2.45) is 5.73 Å². The fraction of sp³-hybridized carbons (Fsp3) is 0.455. The first-order valence-electron chi connectivity index (χ1n) is 5.63. The summed E-state index contributed by atoms with van der Waals surface area (Å²) in [4.78, 5) is 9.40. The number of nitrogens with two attached hydrogens (primary N) is 1. The first-order valence-corrected chi connectivity index (χ1v) is 7.21. The molecule has 1 aromatic rings. The van der Waals surface area contributed by atoms with E-state index in [0.717, 1.165) is 36.5 Å². The van der Waals surface area contributed by atoms with Gasteiger partial charge in [-0.25, -0.2) is 4.98 Å². The summed E-state index contributed by atoms with van der Waals surface area (Å²) in [7, 11) is 0. The van der Waals surface area contributed by atoms with Gasteiger partial charge in [0.05, 0.1) is 14.5 Å². The molecule has 0 bridgehead atoms. The molecule has 7 heteroatoms. The highest BCUT2D eigenvalue weighted by molar-refractivity contribution is 9.10. The highest BCUT2D eigenvalue weighted by Gasteiger charge is 2.19. The van der Waals surface area contributed by atoms with Crippen molar-refractivity contribution in [2.75, 3.05) is 37.6 Å². The van der Waals surface area contributed by atoms with Crippen LogP contribution in [0.2, 0.25) is 5.02 Å². The Morgan fingerprint density at radius 2 is 2.11 bits per heavy atom. The van der Waals surface area contributed by atoms with Crippen LogP contribution in [0.4, 0.5) is 5.82 Å². The number of pyridine rings is 1. The molecular weight excluding hydrogens is 336 g/mol. The van der Waals surface area contributed by atoms with Gasteiger partial charge in [0, 0.05) is 38.9 Å². The van der Waals surface area contributed by atoms with Gasteiger partial charge in [-0.05, 0) is 22.0 Å². The number of rotatable bonds is 3. The number of nitrogens with zero attached hydrogens (tertiary/aromatic N) is 3. The van der Waals surface area contributed by atoms with E-state index in [9.17, 15) is 0 Å². The lowest BCUT2D eigenvalue weighted by atomic mass is 10.3. The zero-order chi connectivity index (χ0) is 13.1. The molecule has 98 valence electrons. The smallest absolute Gasteiger partial charge is 0.143 e. The third-order valence-electron chi connectivity index (χ3n) is 2.84. The van der Waals surface area contributed by atoms with E-state index >= 15 is 0 Å². The number of anilines is 1. The summed E-state index contributed by atoms with van der Waals surface area (Å²) in [5.74, 6) is 0.939. The minimum absolute atomic E-state index is 0.550. The fourth-order valence-electron chi connectivity index (χ4n) is 1.98. The first kappa shape index (κ1) is 14.0. The van der Waals surface area contributed by atoms with Crippen LogP contribution in [-0.4, -0.2) is 47.6 Å². The Balaban J connectivity index is 1.99. The van der Waals surface area contributed by atoms with Crippen molar-refractivity contribution in [3.8, 4) is 0 Å². The van der Waals surface area contributed by atoms with Gasteiger partial charge in [-0.2, -0.15) is 0 Å². The molecule has 1 aliphatic heterocycles. The van der Waals surface area contributed by atoms with Crippen LogP contribution in [0.1, 0.15) is 0 Å². The van der Waals surface area contributed by atoms with Gasteiger partial charge >= 0.3 is 0 Å². The Labute approximate surface area is 125 Å². The minimum atomic E-state index is 0.550. The van der Waals surface area contributed by atoms with E-state index in [1.54, 1.807) is 6.20 Å². The highest BCUT2D eigenvalue weighted by Crippen LogP contribution is 2.27. The van der Waals surface area contributed by atoms with Gasteiger partial charge in [-0.1, -0.05) is 23.8 Å². The van der Waals surface area contributed by atoms with Gasteiger partial charge in [0.1, 0.15) is 5.82 Å². The van der Waals surface area contributed by atoms with Crippen molar-refractivity contribution in [1.29, 1.82) is 0 Å². The minimum Gasteiger partial charge on any atom is -0.392 e. The molecule has 1 saturated heterocycles. The molecule has 1 fully saturated rings. The molecule has 0 saturated carbocycles. The van der Waals surface area contributed by atoms with Gasteiger partial charge < -0.3 is 10.6 Å². The lowest BCUT2D eigenvalue weighted by Gasteiger charge is -2.35. The molecule has 0 atom stereocenters. The van der Waals surface area contributed by atoms with E-state index in [1.165, 1.54) is 0 Å². The lowest BCUT2D eigenvalue weighted by Crippen LogP contribution is -2.48.